The largest absolute Gasteiger partial charge is 0.469 e. The molecule has 0 radical (unpaired) electrons. The summed E-state index contributed by atoms with van der Waals surface area (Å²) in [6.45, 7) is 9.89. The van der Waals surface area contributed by atoms with Crippen molar-refractivity contribution in [1.29, 1.82) is 0 Å². The van der Waals surface area contributed by atoms with Crippen molar-refractivity contribution in [3.05, 3.63) is 60.2 Å². The Morgan fingerprint density at radius 2 is 1.23 bits per heavy atom. The van der Waals surface area contributed by atoms with Gasteiger partial charge in [0.2, 0.25) is 0 Å². The average molecular weight is 619 g/mol. The van der Waals surface area contributed by atoms with E-state index in [-0.39, 0.29) is 10.6 Å². The molecule has 0 aromatic heterocycles. The summed E-state index contributed by atoms with van der Waals surface area (Å²) in [6.07, 6.45) is -1.95. The second kappa shape index (κ2) is 12.7. The smallest absolute Gasteiger partial charge is 0.424 e. The van der Waals surface area contributed by atoms with E-state index in [2.05, 4.69) is 5.32 Å². The molecule has 1 fully saturated rings. The summed E-state index contributed by atoms with van der Waals surface area (Å²) in [6, 6.07) is 10.9. The Balaban J connectivity index is 2.12. The lowest BCUT2D eigenvalue weighted by Gasteiger charge is -2.29. The van der Waals surface area contributed by atoms with Crippen LogP contribution in [0.5, 0.6) is 0 Å². The minimum atomic E-state index is -4.24. The Hall–Kier alpha value is -3.97. The second-order valence-electron chi connectivity index (χ2n) is 11.9. The number of anilines is 1. The summed E-state index contributed by atoms with van der Waals surface area (Å²) >= 11 is 0. The molecule has 43 heavy (non-hydrogen) atoms. The highest BCUT2D eigenvalue weighted by Gasteiger charge is 2.57. The molecule has 0 bridgehead atoms. The van der Waals surface area contributed by atoms with Crippen LogP contribution in [0, 0.1) is 5.92 Å². The fraction of sp³-hybridized carbons (Fsp3) is 0.467. The number of hydrogen-bond acceptors (Lipinski definition) is 11. The molecule has 4 atom stereocenters. The van der Waals surface area contributed by atoms with Gasteiger partial charge in [-0.05, 0) is 71.4 Å². The highest BCUT2D eigenvalue weighted by atomic mass is 32.2. The molecule has 234 valence electrons. The topological polar surface area (TPSA) is 155 Å². The molecule has 1 aliphatic rings. The van der Waals surface area contributed by atoms with Crippen LogP contribution in [0.1, 0.15) is 53.1 Å². The normalized spacial score (nSPS) is 20.6. The third kappa shape index (κ3) is 7.71. The van der Waals surface area contributed by atoms with Crippen molar-refractivity contribution in [2.24, 2.45) is 5.92 Å². The van der Waals surface area contributed by atoms with Crippen LogP contribution in [0.4, 0.5) is 15.3 Å². The summed E-state index contributed by atoms with van der Waals surface area (Å²) in [5, 5.41) is 1.47. The Labute approximate surface area is 251 Å². The van der Waals surface area contributed by atoms with Gasteiger partial charge in [0.15, 0.2) is 9.84 Å². The Morgan fingerprint density at radius 3 is 1.67 bits per heavy atom. The predicted molar refractivity (Wildman–Crippen MR) is 156 cm³/mol. The lowest BCUT2D eigenvalue weighted by Crippen LogP contribution is -2.43. The maximum Gasteiger partial charge on any atom is 0.424 e. The number of benzene rings is 2. The SMILES string of the molecule is COC(=O)[C@@H]1[C@H](S(=O)(=O)c2ccccc2)[C@@H](c2ccc(N(C(=O)OC(C)(C)C)C(=O)OC(C)(C)C)cc2)N[C@H]1C(=O)OC. The lowest BCUT2D eigenvalue weighted by atomic mass is 9.95. The summed E-state index contributed by atoms with van der Waals surface area (Å²) < 4.78 is 48.7. The molecule has 13 heteroatoms. The highest BCUT2D eigenvalue weighted by Crippen LogP contribution is 2.41. The van der Waals surface area contributed by atoms with E-state index in [0.29, 0.717) is 5.56 Å². The molecule has 1 aliphatic heterocycles. The van der Waals surface area contributed by atoms with E-state index in [1.807, 2.05) is 0 Å². The van der Waals surface area contributed by atoms with Gasteiger partial charge >= 0.3 is 24.1 Å². The van der Waals surface area contributed by atoms with Crippen LogP contribution < -0.4 is 10.2 Å². The first-order valence-electron chi connectivity index (χ1n) is 13.5. The predicted octanol–water partition coefficient (Wildman–Crippen LogP) is 4.18. The second-order valence-corrected chi connectivity index (χ2v) is 14.0. The number of rotatable bonds is 6. The summed E-state index contributed by atoms with van der Waals surface area (Å²) in [7, 11) is -2.01. The molecule has 12 nitrogen and oxygen atoms in total. The molecular formula is C30H38N2O10S. The van der Waals surface area contributed by atoms with Gasteiger partial charge in [-0.15, -0.1) is 0 Å². The first-order chi connectivity index (χ1) is 19.9. The zero-order valence-corrected chi connectivity index (χ0v) is 26.3. The molecule has 0 aliphatic carbocycles. The van der Waals surface area contributed by atoms with E-state index in [1.165, 1.54) is 36.4 Å². The number of carbonyl (C=O) groups is 4. The summed E-state index contributed by atoms with van der Waals surface area (Å²) in [5.41, 5.74) is -1.41. The molecule has 2 aromatic rings. The fourth-order valence-corrected chi connectivity index (χ4v) is 6.79. The number of imide groups is 1. The molecule has 1 N–H and O–H groups in total. The molecule has 0 unspecified atom stereocenters. The molecule has 2 amide bonds. The molecule has 2 aromatic carbocycles. The van der Waals surface area contributed by atoms with E-state index in [0.717, 1.165) is 19.1 Å². The number of amides is 2. The number of methoxy groups -OCH3 is 2. The third-order valence-electron chi connectivity index (χ3n) is 6.42. The van der Waals surface area contributed by atoms with Crippen LogP contribution in [-0.2, 0) is 38.4 Å². The number of nitrogens with one attached hydrogen (secondary N) is 1. The van der Waals surface area contributed by atoms with Crippen molar-refractivity contribution < 1.29 is 46.5 Å². The number of esters is 2. The van der Waals surface area contributed by atoms with Crippen LogP contribution in [0.2, 0.25) is 0 Å². The van der Waals surface area contributed by atoms with Crippen molar-refractivity contribution in [2.45, 2.75) is 75.0 Å². The van der Waals surface area contributed by atoms with Gasteiger partial charge in [-0.25, -0.2) is 18.0 Å². The molecule has 0 spiro atoms. The third-order valence-corrected chi connectivity index (χ3v) is 8.63. The van der Waals surface area contributed by atoms with Crippen molar-refractivity contribution in [2.75, 3.05) is 19.1 Å². The number of carbonyl (C=O) groups excluding carboxylic acids is 4. The zero-order valence-electron chi connectivity index (χ0n) is 25.4. The van der Waals surface area contributed by atoms with E-state index in [1.54, 1.807) is 59.7 Å². The van der Waals surface area contributed by atoms with Crippen LogP contribution in [0.15, 0.2) is 59.5 Å². The van der Waals surface area contributed by atoms with Crippen molar-refractivity contribution in [3.8, 4) is 0 Å². The van der Waals surface area contributed by atoms with Gasteiger partial charge in [0.25, 0.3) is 0 Å². The molecule has 3 rings (SSSR count). The average Bonchev–Trinajstić information content (AvgIpc) is 3.33. The monoisotopic (exact) mass is 618 g/mol. The first kappa shape index (κ1) is 33.5. The van der Waals surface area contributed by atoms with Gasteiger partial charge in [-0.1, -0.05) is 30.3 Å². The van der Waals surface area contributed by atoms with Gasteiger partial charge in [-0.2, -0.15) is 4.90 Å². The molecule has 1 heterocycles. The summed E-state index contributed by atoms with van der Waals surface area (Å²) in [4.78, 5) is 52.6. The van der Waals surface area contributed by atoms with Crippen molar-refractivity contribution in [3.63, 3.8) is 0 Å². The van der Waals surface area contributed by atoms with Gasteiger partial charge in [-0.3, -0.25) is 14.9 Å². The van der Waals surface area contributed by atoms with Crippen LogP contribution in [0.25, 0.3) is 0 Å². The standard InChI is InChI=1S/C30H38N2O10S/c1-29(2,3)41-27(35)32(28(36)42-30(4,5)6)19-16-14-18(15-17-19)22-24(43(37,38)20-12-10-9-11-13-20)21(25(33)39-7)23(31-22)26(34)40-8/h9-17,21-24,31H,1-8H3/t21-,22+,23+,24-/m0/s1. The molecular weight excluding hydrogens is 580 g/mol. The maximum atomic E-state index is 14.0. The quantitative estimate of drug-likeness (QED) is 0.366. The van der Waals surface area contributed by atoms with E-state index in [9.17, 15) is 27.6 Å². The van der Waals surface area contributed by atoms with E-state index < -0.39 is 68.4 Å². The Kier molecular flexibility index (Phi) is 9.92. The fourth-order valence-electron chi connectivity index (χ4n) is 4.69. The zero-order chi connectivity index (χ0) is 32.3. The van der Waals surface area contributed by atoms with Gasteiger partial charge in [0.05, 0.1) is 30.8 Å². The minimum Gasteiger partial charge on any atom is -0.469 e. The van der Waals surface area contributed by atoms with Crippen LogP contribution >= 0.6 is 0 Å². The number of sulfone groups is 1. The number of nitrogens with zero attached hydrogens (tertiary/aromatic N) is 1. The summed E-state index contributed by atoms with van der Waals surface area (Å²) in [5.74, 6) is -3.20. The van der Waals surface area contributed by atoms with Crippen molar-refractivity contribution >= 4 is 39.6 Å². The van der Waals surface area contributed by atoms with Gasteiger partial charge in [0.1, 0.15) is 28.4 Å². The van der Waals surface area contributed by atoms with E-state index >= 15 is 0 Å². The number of hydrogen-bond donors (Lipinski definition) is 1. The lowest BCUT2D eigenvalue weighted by molar-refractivity contribution is -0.153. The maximum absolute atomic E-state index is 14.0. The highest BCUT2D eigenvalue weighted by molar-refractivity contribution is 7.92. The van der Waals surface area contributed by atoms with E-state index in [4.69, 9.17) is 18.9 Å². The van der Waals surface area contributed by atoms with Crippen molar-refractivity contribution in [1.82, 2.24) is 5.32 Å². The van der Waals surface area contributed by atoms with Crippen LogP contribution in [-0.4, -0.2) is 69.3 Å². The minimum absolute atomic E-state index is 0.0520. The first-order valence-corrected chi connectivity index (χ1v) is 15.0. The van der Waals surface area contributed by atoms with Gasteiger partial charge in [0, 0.05) is 0 Å². The Morgan fingerprint density at radius 1 is 0.744 bits per heavy atom. The molecule has 1 saturated heterocycles. The molecule has 0 saturated carbocycles. The van der Waals surface area contributed by atoms with Crippen LogP contribution in [0.3, 0.4) is 0 Å². The van der Waals surface area contributed by atoms with Gasteiger partial charge < -0.3 is 18.9 Å². The Bertz CT molecular complexity index is 1420. The number of ether oxygens (including phenoxy) is 4.